The van der Waals surface area contributed by atoms with E-state index in [1.54, 1.807) is 0 Å². The lowest BCUT2D eigenvalue weighted by molar-refractivity contribution is -0.120. The second-order valence-corrected chi connectivity index (χ2v) is 7.76. The lowest BCUT2D eigenvalue weighted by Gasteiger charge is -2.17. The number of amides is 1. The molecule has 1 saturated carbocycles. The zero-order valence-electron chi connectivity index (χ0n) is 10.4. The molecule has 1 amide bonds. The standard InChI is InChI=1S/C11H21NO3S/c1-8-7-9(8)10(13)12-16(14,15)6-5-11(2,3)4/h8-9H,5-7H2,1-4H3,(H,12,13)/t8-,9+/m1/s1. The molecule has 2 atom stereocenters. The van der Waals surface area contributed by atoms with Gasteiger partial charge in [-0.25, -0.2) is 8.42 Å². The van der Waals surface area contributed by atoms with Gasteiger partial charge in [0.05, 0.1) is 5.75 Å². The molecule has 0 aromatic heterocycles. The van der Waals surface area contributed by atoms with Gasteiger partial charge >= 0.3 is 0 Å². The normalized spacial score (nSPS) is 25.2. The summed E-state index contributed by atoms with van der Waals surface area (Å²) in [5, 5.41) is 0. The van der Waals surface area contributed by atoms with E-state index >= 15 is 0 Å². The van der Waals surface area contributed by atoms with Crippen molar-refractivity contribution >= 4 is 15.9 Å². The first-order chi connectivity index (χ1) is 7.11. The highest BCUT2D eigenvalue weighted by Crippen LogP contribution is 2.37. The van der Waals surface area contributed by atoms with E-state index in [-0.39, 0.29) is 23.0 Å². The van der Waals surface area contributed by atoms with Gasteiger partial charge in [-0.3, -0.25) is 9.52 Å². The van der Waals surface area contributed by atoms with E-state index in [0.29, 0.717) is 12.3 Å². The summed E-state index contributed by atoms with van der Waals surface area (Å²) in [7, 11) is -3.44. The van der Waals surface area contributed by atoms with Crippen molar-refractivity contribution in [2.75, 3.05) is 5.75 Å². The van der Waals surface area contributed by atoms with E-state index in [1.165, 1.54) is 0 Å². The molecule has 1 aliphatic rings. The Morgan fingerprint density at radius 1 is 1.38 bits per heavy atom. The molecule has 0 radical (unpaired) electrons. The summed E-state index contributed by atoms with van der Waals surface area (Å²) in [5.74, 6) is -0.0767. The molecule has 0 aromatic carbocycles. The average molecular weight is 247 g/mol. The van der Waals surface area contributed by atoms with Gasteiger partial charge in [0.2, 0.25) is 15.9 Å². The molecule has 0 heterocycles. The number of sulfonamides is 1. The molecule has 0 spiro atoms. The molecule has 0 aliphatic heterocycles. The van der Waals surface area contributed by atoms with Crippen LogP contribution in [-0.2, 0) is 14.8 Å². The van der Waals surface area contributed by atoms with Gasteiger partial charge in [0, 0.05) is 5.92 Å². The van der Waals surface area contributed by atoms with Gasteiger partial charge < -0.3 is 0 Å². The maximum absolute atomic E-state index is 11.6. The average Bonchev–Trinajstić information content (AvgIpc) is 2.78. The Morgan fingerprint density at radius 3 is 2.25 bits per heavy atom. The summed E-state index contributed by atoms with van der Waals surface area (Å²) in [6, 6.07) is 0. The fraction of sp³-hybridized carbons (Fsp3) is 0.909. The van der Waals surface area contributed by atoms with Crippen LogP contribution in [0.2, 0.25) is 0 Å². The first-order valence-electron chi connectivity index (χ1n) is 5.65. The van der Waals surface area contributed by atoms with Crippen LogP contribution in [0, 0.1) is 17.3 Å². The van der Waals surface area contributed by atoms with Gasteiger partial charge in [0.15, 0.2) is 0 Å². The third kappa shape index (κ3) is 4.51. The third-order valence-electron chi connectivity index (χ3n) is 2.82. The minimum atomic E-state index is -3.44. The van der Waals surface area contributed by atoms with Gasteiger partial charge in [-0.1, -0.05) is 27.7 Å². The van der Waals surface area contributed by atoms with Gasteiger partial charge in [-0.05, 0) is 24.2 Å². The van der Waals surface area contributed by atoms with Crippen molar-refractivity contribution in [3.05, 3.63) is 0 Å². The Morgan fingerprint density at radius 2 is 1.88 bits per heavy atom. The van der Waals surface area contributed by atoms with Crippen molar-refractivity contribution in [3.8, 4) is 0 Å². The molecule has 1 rings (SSSR count). The van der Waals surface area contributed by atoms with E-state index in [9.17, 15) is 13.2 Å². The van der Waals surface area contributed by atoms with Crippen LogP contribution in [0.25, 0.3) is 0 Å². The number of carbonyl (C=O) groups is 1. The van der Waals surface area contributed by atoms with Crippen molar-refractivity contribution in [1.82, 2.24) is 4.72 Å². The first-order valence-corrected chi connectivity index (χ1v) is 7.30. The largest absolute Gasteiger partial charge is 0.274 e. The summed E-state index contributed by atoms with van der Waals surface area (Å²) in [6.45, 7) is 7.89. The molecule has 0 aromatic rings. The molecule has 0 unspecified atom stereocenters. The van der Waals surface area contributed by atoms with Crippen molar-refractivity contribution in [2.45, 2.75) is 40.5 Å². The highest BCUT2D eigenvalue weighted by molar-refractivity contribution is 7.90. The predicted octanol–water partition coefficient (Wildman–Crippen LogP) is 1.52. The van der Waals surface area contributed by atoms with E-state index < -0.39 is 10.0 Å². The van der Waals surface area contributed by atoms with Crippen LogP contribution in [0.1, 0.15) is 40.5 Å². The van der Waals surface area contributed by atoms with Crippen LogP contribution in [0.3, 0.4) is 0 Å². The summed E-state index contributed by atoms with van der Waals surface area (Å²) in [6.07, 6.45) is 1.36. The topological polar surface area (TPSA) is 63.2 Å². The van der Waals surface area contributed by atoms with Crippen LogP contribution in [0.15, 0.2) is 0 Å². The quantitative estimate of drug-likeness (QED) is 0.819. The van der Waals surface area contributed by atoms with Crippen molar-refractivity contribution in [3.63, 3.8) is 0 Å². The summed E-state index contributed by atoms with van der Waals surface area (Å²) in [5.41, 5.74) is -0.0370. The van der Waals surface area contributed by atoms with Crippen LogP contribution >= 0.6 is 0 Å². The van der Waals surface area contributed by atoms with Crippen molar-refractivity contribution < 1.29 is 13.2 Å². The molecule has 0 saturated heterocycles. The summed E-state index contributed by atoms with van der Waals surface area (Å²) in [4.78, 5) is 11.5. The SMILES string of the molecule is C[C@@H]1C[C@@H]1C(=O)NS(=O)(=O)CCC(C)(C)C. The third-order valence-corrected chi connectivity index (χ3v) is 4.08. The molecule has 5 heteroatoms. The second-order valence-electron chi connectivity index (χ2n) is 5.92. The van der Waals surface area contributed by atoms with E-state index in [4.69, 9.17) is 0 Å². The first kappa shape index (κ1) is 13.5. The highest BCUT2D eigenvalue weighted by atomic mass is 32.2. The number of hydrogen-bond acceptors (Lipinski definition) is 3. The molecule has 0 bridgehead atoms. The number of nitrogens with one attached hydrogen (secondary N) is 1. The maximum Gasteiger partial charge on any atom is 0.236 e. The maximum atomic E-state index is 11.6. The van der Waals surface area contributed by atoms with E-state index in [1.807, 2.05) is 27.7 Å². The number of hydrogen-bond donors (Lipinski definition) is 1. The fourth-order valence-electron chi connectivity index (χ4n) is 1.41. The molecular weight excluding hydrogens is 226 g/mol. The van der Waals surface area contributed by atoms with Crippen LogP contribution < -0.4 is 4.72 Å². The number of rotatable bonds is 4. The zero-order chi connectivity index (χ0) is 12.6. The van der Waals surface area contributed by atoms with E-state index in [2.05, 4.69) is 4.72 Å². The molecule has 94 valence electrons. The van der Waals surface area contributed by atoms with E-state index in [0.717, 1.165) is 6.42 Å². The van der Waals surface area contributed by atoms with Crippen LogP contribution in [0.4, 0.5) is 0 Å². The molecular formula is C11H21NO3S. The number of carbonyl (C=O) groups excluding carboxylic acids is 1. The Hall–Kier alpha value is -0.580. The second kappa shape index (κ2) is 4.35. The minimum absolute atomic E-state index is 0.0172. The van der Waals surface area contributed by atoms with Crippen LogP contribution in [-0.4, -0.2) is 20.1 Å². The Balaban J connectivity index is 2.43. The fourth-order valence-corrected chi connectivity index (χ4v) is 2.85. The molecule has 1 fully saturated rings. The Kier molecular flexibility index (Phi) is 3.67. The Bertz CT molecular complexity index is 367. The lowest BCUT2D eigenvalue weighted by atomic mass is 9.94. The Labute approximate surface area is 97.9 Å². The monoisotopic (exact) mass is 247 g/mol. The predicted molar refractivity (Wildman–Crippen MR) is 63.3 cm³/mol. The van der Waals surface area contributed by atoms with Gasteiger partial charge in [0.1, 0.15) is 0 Å². The summed E-state index contributed by atoms with van der Waals surface area (Å²) >= 11 is 0. The zero-order valence-corrected chi connectivity index (χ0v) is 11.2. The molecule has 1 aliphatic carbocycles. The molecule has 1 N–H and O–H groups in total. The molecule has 4 nitrogen and oxygen atoms in total. The van der Waals surface area contributed by atoms with Crippen molar-refractivity contribution in [2.24, 2.45) is 17.3 Å². The summed E-state index contributed by atoms with van der Waals surface area (Å²) < 4.78 is 25.3. The molecule has 16 heavy (non-hydrogen) atoms. The minimum Gasteiger partial charge on any atom is -0.274 e. The van der Waals surface area contributed by atoms with Gasteiger partial charge in [-0.15, -0.1) is 0 Å². The van der Waals surface area contributed by atoms with Gasteiger partial charge in [-0.2, -0.15) is 0 Å². The lowest BCUT2D eigenvalue weighted by Crippen LogP contribution is -2.34. The van der Waals surface area contributed by atoms with Crippen LogP contribution in [0.5, 0.6) is 0 Å². The smallest absolute Gasteiger partial charge is 0.236 e. The highest BCUT2D eigenvalue weighted by Gasteiger charge is 2.40. The van der Waals surface area contributed by atoms with Crippen molar-refractivity contribution in [1.29, 1.82) is 0 Å². The van der Waals surface area contributed by atoms with Gasteiger partial charge in [0.25, 0.3) is 0 Å².